The van der Waals surface area contributed by atoms with Gasteiger partial charge < -0.3 is 16.0 Å². The Labute approximate surface area is 129 Å². The number of aromatic nitrogens is 2. The molecule has 0 spiro atoms. The molecule has 0 bridgehead atoms. The van der Waals surface area contributed by atoms with Gasteiger partial charge in [0.1, 0.15) is 10.8 Å². The number of thiazole rings is 1. The summed E-state index contributed by atoms with van der Waals surface area (Å²) in [6, 6.07) is 9.68. The first-order chi connectivity index (χ1) is 10.1. The van der Waals surface area contributed by atoms with E-state index >= 15 is 0 Å². The standard InChI is InChI=1S/C14H12N4OS2/c15-12(20)10-5-8-3-1-2-4-11(8)18-13(10)16-6-9-7-21-14(19)17-9/h1-5,7H,6H2,(H2,15,20)(H,16,18)(H,17,19). The molecular weight excluding hydrogens is 304 g/mol. The van der Waals surface area contributed by atoms with Gasteiger partial charge in [0.15, 0.2) is 0 Å². The van der Waals surface area contributed by atoms with Gasteiger partial charge in [-0.2, -0.15) is 0 Å². The Morgan fingerprint density at radius 2 is 2.24 bits per heavy atom. The van der Waals surface area contributed by atoms with Crippen molar-refractivity contribution in [2.75, 3.05) is 5.32 Å². The Morgan fingerprint density at radius 3 is 2.95 bits per heavy atom. The fourth-order valence-electron chi connectivity index (χ4n) is 2.02. The number of H-pyrrole nitrogens is 1. The molecule has 0 aliphatic heterocycles. The third-order valence-electron chi connectivity index (χ3n) is 3.01. The summed E-state index contributed by atoms with van der Waals surface area (Å²) in [5.41, 5.74) is 8.13. The van der Waals surface area contributed by atoms with Gasteiger partial charge in [-0.25, -0.2) is 4.98 Å². The Bertz CT molecular complexity index is 869. The van der Waals surface area contributed by atoms with Crippen molar-refractivity contribution in [2.24, 2.45) is 5.73 Å². The van der Waals surface area contributed by atoms with Crippen molar-refractivity contribution in [2.45, 2.75) is 6.54 Å². The number of hydrogen-bond acceptors (Lipinski definition) is 5. The molecule has 0 aliphatic rings. The molecule has 0 aliphatic carbocycles. The third-order valence-corrected chi connectivity index (χ3v) is 3.94. The lowest BCUT2D eigenvalue weighted by atomic mass is 10.1. The molecule has 1 aromatic carbocycles. The smallest absolute Gasteiger partial charge is 0.304 e. The van der Waals surface area contributed by atoms with Crippen LogP contribution in [0, 0.1) is 0 Å². The summed E-state index contributed by atoms with van der Waals surface area (Å²) in [7, 11) is 0. The number of fused-ring (bicyclic) bond motifs is 1. The van der Waals surface area contributed by atoms with Gasteiger partial charge in [0.05, 0.1) is 17.6 Å². The van der Waals surface area contributed by atoms with Crippen LogP contribution in [0.5, 0.6) is 0 Å². The summed E-state index contributed by atoms with van der Waals surface area (Å²) in [4.78, 5) is 18.6. The summed E-state index contributed by atoms with van der Waals surface area (Å²) in [5.74, 6) is 0.619. The van der Waals surface area contributed by atoms with Crippen LogP contribution in [0.2, 0.25) is 0 Å². The lowest BCUT2D eigenvalue weighted by Crippen LogP contribution is -2.15. The number of aromatic amines is 1. The van der Waals surface area contributed by atoms with E-state index in [9.17, 15) is 4.79 Å². The number of para-hydroxylation sites is 1. The van der Waals surface area contributed by atoms with E-state index in [0.717, 1.165) is 27.9 Å². The minimum absolute atomic E-state index is 0.0761. The van der Waals surface area contributed by atoms with Gasteiger partial charge in [-0.15, -0.1) is 0 Å². The van der Waals surface area contributed by atoms with Crippen LogP contribution in [-0.4, -0.2) is 15.0 Å². The van der Waals surface area contributed by atoms with Crippen molar-refractivity contribution < 1.29 is 0 Å². The highest BCUT2D eigenvalue weighted by Crippen LogP contribution is 2.21. The molecule has 106 valence electrons. The number of nitrogens with zero attached hydrogens (tertiary/aromatic N) is 1. The van der Waals surface area contributed by atoms with Gasteiger partial charge in [-0.1, -0.05) is 41.8 Å². The molecule has 4 N–H and O–H groups in total. The molecule has 7 heteroatoms. The fourth-order valence-corrected chi connectivity index (χ4v) is 2.76. The second-order valence-electron chi connectivity index (χ2n) is 4.47. The topological polar surface area (TPSA) is 83.8 Å². The van der Waals surface area contributed by atoms with Crippen molar-refractivity contribution in [1.82, 2.24) is 9.97 Å². The molecule has 2 heterocycles. The lowest BCUT2D eigenvalue weighted by molar-refractivity contribution is 1.04. The first-order valence-electron chi connectivity index (χ1n) is 6.23. The summed E-state index contributed by atoms with van der Waals surface area (Å²) in [5, 5.41) is 5.93. The van der Waals surface area contributed by atoms with Gasteiger partial charge in [-0.3, -0.25) is 4.79 Å². The lowest BCUT2D eigenvalue weighted by Gasteiger charge is -2.11. The van der Waals surface area contributed by atoms with Crippen LogP contribution in [0.15, 0.2) is 40.5 Å². The van der Waals surface area contributed by atoms with E-state index in [0.29, 0.717) is 17.9 Å². The Morgan fingerprint density at radius 1 is 1.43 bits per heavy atom. The number of thiocarbonyl (C=S) groups is 1. The number of benzene rings is 1. The van der Waals surface area contributed by atoms with Crippen LogP contribution < -0.4 is 15.9 Å². The quantitative estimate of drug-likeness (QED) is 0.643. The number of nitrogens with one attached hydrogen (secondary N) is 2. The number of nitrogens with two attached hydrogens (primary N) is 1. The average Bonchev–Trinajstić information content (AvgIpc) is 2.89. The van der Waals surface area contributed by atoms with Crippen LogP contribution in [-0.2, 0) is 6.54 Å². The van der Waals surface area contributed by atoms with Gasteiger partial charge in [-0.05, 0) is 12.1 Å². The van der Waals surface area contributed by atoms with Crippen molar-refractivity contribution in [3.63, 3.8) is 0 Å². The summed E-state index contributed by atoms with van der Waals surface area (Å²) in [6.07, 6.45) is 0. The highest BCUT2D eigenvalue weighted by atomic mass is 32.1. The molecular formula is C14H12N4OS2. The zero-order valence-electron chi connectivity index (χ0n) is 10.9. The molecule has 0 radical (unpaired) electrons. The minimum Gasteiger partial charge on any atom is -0.389 e. The maximum absolute atomic E-state index is 11.1. The molecule has 0 atom stereocenters. The van der Waals surface area contributed by atoms with Crippen molar-refractivity contribution in [3.8, 4) is 0 Å². The highest BCUT2D eigenvalue weighted by molar-refractivity contribution is 7.80. The van der Waals surface area contributed by atoms with E-state index in [1.807, 2.05) is 30.3 Å². The fraction of sp³-hybridized carbons (Fsp3) is 0.0714. The van der Waals surface area contributed by atoms with Gasteiger partial charge in [0.25, 0.3) is 0 Å². The summed E-state index contributed by atoms with van der Waals surface area (Å²) in [6.45, 7) is 0.458. The highest BCUT2D eigenvalue weighted by Gasteiger charge is 2.09. The molecule has 0 saturated carbocycles. The molecule has 0 saturated heterocycles. The number of rotatable bonds is 4. The minimum atomic E-state index is -0.0761. The van der Waals surface area contributed by atoms with Crippen LogP contribution in [0.3, 0.4) is 0 Å². The maximum Gasteiger partial charge on any atom is 0.304 e. The number of anilines is 1. The van der Waals surface area contributed by atoms with Crippen LogP contribution in [0.1, 0.15) is 11.3 Å². The molecule has 3 rings (SSSR count). The Kier molecular flexibility index (Phi) is 3.68. The number of pyridine rings is 1. The Balaban J connectivity index is 1.97. The van der Waals surface area contributed by atoms with E-state index < -0.39 is 0 Å². The predicted octanol–water partition coefficient (Wildman–Crippen LogP) is 2.23. The van der Waals surface area contributed by atoms with E-state index in [2.05, 4.69) is 15.3 Å². The molecule has 0 fully saturated rings. The van der Waals surface area contributed by atoms with E-state index in [1.54, 1.807) is 5.38 Å². The van der Waals surface area contributed by atoms with Crippen LogP contribution in [0.25, 0.3) is 10.9 Å². The zero-order chi connectivity index (χ0) is 14.8. The zero-order valence-corrected chi connectivity index (χ0v) is 12.6. The van der Waals surface area contributed by atoms with E-state index in [-0.39, 0.29) is 9.86 Å². The monoisotopic (exact) mass is 316 g/mol. The average molecular weight is 316 g/mol. The van der Waals surface area contributed by atoms with Gasteiger partial charge in [0.2, 0.25) is 0 Å². The van der Waals surface area contributed by atoms with Gasteiger partial charge >= 0.3 is 4.87 Å². The number of hydrogen-bond donors (Lipinski definition) is 3. The first-order valence-corrected chi connectivity index (χ1v) is 7.52. The largest absolute Gasteiger partial charge is 0.389 e. The van der Waals surface area contributed by atoms with Crippen LogP contribution >= 0.6 is 23.6 Å². The second-order valence-corrected chi connectivity index (χ2v) is 5.75. The third kappa shape index (κ3) is 2.93. The first kappa shape index (κ1) is 13.7. The summed E-state index contributed by atoms with van der Waals surface area (Å²) >= 11 is 6.22. The second kappa shape index (κ2) is 5.63. The van der Waals surface area contributed by atoms with Crippen LogP contribution in [0.4, 0.5) is 5.82 Å². The maximum atomic E-state index is 11.1. The molecule has 2 aromatic heterocycles. The Hall–Kier alpha value is -2.25. The van der Waals surface area contributed by atoms with Crippen molar-refractivity contribution in [3.05, 3.63) is 56.6 Å². The summed E-state index contributed by atoms with van der Waals surface area (Å²) < 4.78 is 0. The van der Waals surface area contributed by atoms with E-state index in [4.69, 9.17) is 18.0 Å². The molecule has 5 nitrogen and oxygen atoms in total. The SMILES string of the molecule is NC(=S)c1cc2ccccc2nc1NCc1csc(=O)[nH]1. The predicted molar refractivity (Wildman–Crippen MR) is 89.9 cm³/mol. The van der Waals surface area contributed by atoms with Crippen molar-refractivity contribution >= 4 is 45.3 Å². The normalized spacial score (nSPS) is 10.7. The van der Waals surface area contributed by atoms with Gasteiger partial charge in [0, 0.05) is 16.5 Å². The molecule has 21 heavy (non-hydrogen) atoms. The molecule has 3 aromatic rings. The van der Waals surface area contributed by atoms with E-state index in [1.165, 1.54) is 0 Å². The molecule has 0 unspecified atom stereocenters. The molecule has 0 amide bonds. The van der Waals surface area contributed by atoms with Crippen molar-refractivity contribution in [1.29, 1.82) is 0 Å².